The second-order valence-corrected chi connectivity index (χ2v) is 5.80. The molecule has 1 atom stereocenters. The molecule has 1 unspecified atom stereocenters. The van der Waals surface area contributed by atoms with Crippen molar-refractivity contribution >= 4 is 10.0 Å². The number of phenolic OH excluding ortho intramolecular Hbond substituents is 1. The van der Waals surface area contributed by atoms with Crippen LogP contribution in [0.4, 0.5) is 0 Å². The van der Waals surface area contributed by atoms with Gasteiger partial charge in [0.15, 0.2) is 0 Å². The van der Waals surface area contributed by atoms with Gasteiger partial charge >= 0.3 is 0 Å². The number of para-hydroxylation sites is 1. The van der Waals surface area contributed by atoms with Crippen molar-refractivity contribution in [3.05, 3.63) is 29.8 Å². The van der Waals surface area contributed by atoms with E-state index in [4.69, 9.17) is 0 Å². The Morgan fingerprint density at radius 3 is 2.59 bits per heavy atom. The van der Waals surface area contributed by atoms with Crippen LogP contribution in [0.15, 0.2) is 24.3 Å². The third-order valence-electron chi connectivity index (χ3n) is 2.54. The van der Waals surface area contributed by atoms with Gasteiger partial charge in [0, 0.05) is 18.2 Å². The molecule has 0 spiro atoms. The zero-order valence-corrected chi connectivity index (χ0v) is 10.8. The van der Waals surface area contributed by atoms with E-state index in [2.05, 4.69) is 10.0 Å². The highest BCUT2D eigenvalue weighted by Gasteiger charge is 2.11. The van der Waals surface area contributed by atoms with Crippen molar-refractivity contribution < 1.29 is 13.5 Å². The van der Waals surface area contributed by atoms with Gasteiger partial charge in [-0.25, -0.2) is 13.1 Å². The maximum absolute atomic E-state index is 11.2. The molecule has 1 rings (SSSR count). The summed E-state index contributed by atoms with van der Waals surface area (Å²) >= 11 is 0. The van der Waals surface area contributed by atoms with Crippen LogP contribution in [0.3, 0.4) is 0 Å². The van der Waals surface area contributed by atoms with Gasteiger partial charge < -0.3 is 10.4 Å². The third-order valence-corrected chi connectivity index (χ3v) is 3.90. The SMILES string of the molecule is CNS(=O)(=O)CCNC(C)c1ccccc1O. The summed E-state index contributed by atoms with van der Waals surface area (Å²) in [6.45, 7) is 2.21. The van der Waals surface area contributed by atoms with E-state index in [0.717, 1.165) is 5.56 Å². The lowest BCUT2D eigenvalue weighted by Crippen LogP contribution is -2.30. The Labute approximate surface area is 102 Å². The van der Waals surface area contributed by atoms with Crippen molar-refractivity contribution in [2.24, 2.45) is 0 Å². The van der Waals surface area contributed by atoms with E-state index in [1.54, 1.807) is 18.2 Å². The van der Waals surface area contributed by atoms with E-state index in [9.17, 15) is 13.5 Å². The minimum absolute atomic E-state index is 0.0153. The first-order valence-corrected chi connectivity index (χ1v) is 7.04. The largest absolute Gasteiger partial charge is 0.508 e. The number of benzene rings is 1. The summed E-state index contributed by atoms with van der Waals surface area (Å²) in [6.07, 6.45) is 0. The average Bonchev–Trinajstić information content (AvgIpc) is 2.29. The van der Waals surface area contributed by atoms with E-state index in [-0.39, 0.29) is 17.5 Å². The summed E-state index contributed by atoms with van der Waals surface area (Å²) in [5.41, 5.74) is 0.759. The smallest absolute Gasteiger partial charge is 0.212 e. The molecule has 5 nitrogen and oxygen atoms in total. The number of hydrogen-bond acceptors (Lipinski definition) is 4. The number of rotatable bonds is 6. The van der Waals surface area contributed by atoms with E-state index < -0.39 is 10.0 Å². The van der Waals surface area contributed by atoms with Crippen molar-refractivity contribution in [2.75, 3.05) is 19.3 Å². The maximum Gasteiger partial charge on any atom is 0.212 e. The Morgan fingerprint density at radius 2 is 2.00 bits per heavy atom. The molecule has 0 radical (unpaired) electrons. The fourth-order valence-corrected chi connectivity index (χ4v) is 2.07. The first kappa shape index (κ1) is 14.0. The molecule has 96 valence electrons. The van der Waals surface area contributed by atoms with Gasteiger partial charge in [-0.15, -0.1) is 0 Å². The Morgan fingerprint density at radius 1 is 1.35 bits per heavy atom. The summed E-state index contributed by atoms with van der Waals surface area (Å²) in [5, 5.41) is 12.7. The molecule has 0 aromatic heterocycles. The topological polar surface area (TPSA) is 78.4 Å². The predicted molar refractivity (Wildman–Crippen MR) is 67.4 cm³/mol. The molecule has 0 saturated heterocycles. The molecule has 0 aliphatic heterocycles. The van der Waals surface area contributed by atoms with Crippen molar-refractivity contribution in [3.8, 4) is 5.75 Å². The zero-order chi connectivity index (χ0) is 12.9. The van der Waals surface area contributed by atoms with Crippen LogP contribution in [0.5, 0.6) is 5.75 Å². The molecule has 17 heavy (non-hydrogen) atoms. The van der Waals surface area contributed by atoms with Crippen LogP contribution in [0.25, 0.3) is 0 Å². The van der Waals surface area contributed by atoms with E-state index in [0.29, 0.717) is 6.54 Å². The number of aromatic hydroxyl groups is 1. The Balaban J connectivity index is 2.51. The van der Waals surface area contributed by atoms with Gasteiger partial charge in [-0.1, -0.05) is 18.2 Å². The van der Waals surface area contributed by atoms with Crippen molar-refractivity contribution in [1.82, 2.24) is 10.0 Å². The predicted octanol–water partition coefficient (Wildman–Crippen LogP) is 0.592. The molecule has 0 saturated carbocycles. The molecule has 1 aromatic rings. The maximum atomic E-state index is 11.2. The fourth-order valence-electron chi connectivity index (χ4n) is 1.48. The van der Waals surface area contributed by atoms with Crippen LogP contribution >= 0.6 is 0 Å². The van der Waals surface area contributed by atoms with Crippen LogP contribution in [0, 0.1) is 0 Å². The summed E-state index contributed by atoms with van der Waals surface area (Å²) in [7, 11) is -1.79. The van der Waals surface area contributed by atoms with E-state index in [1.165, 1.54) is 7.05 Å². The molecular weight excluding hydrogens is 240 g/mol. The highest BCUT2D eigenvalue weighted by Crippen LogP contribution is 2.22. The first-order valence-electron chi connectivity index (χ1n) is 5.39. The number of nitrogens with one attached hydrogen (secondary N) is 2. The van der Waals surface area contributed by atoms with Gasteiger partial charge in [0.25, 0.3) is 0 Å². The lowest BCUT2D eigenvalue weighted by Gasteiger charge is -2.15. The monoisotopic (exact) mass is 258 g/mol. The van der Waals surface area contributed by atoms with Gasteiger partial charge in [-0.05, 0) is 20.0 Å². The lowest BCUT2D eigenvalue weighted by atomic mass is 10.1. The standard InChI is InChI=1S/C11H18N2O3S/c1-9(10-5-3-4-6-11(10)14)13-7-8-17(15,16)12-2/h3-6,9,12-14H,7-8H2,1-2H3. The third kappa shape index (κ3) is 4.33. The normalized spacial score (nSPS) is 13.5. The fraction of sp³-hybridized carbons (Fsp3) is 0.455. The zero-order valence-electron chi connectivity index (χ0n) is 9.97. The number of phenols is 1. The van der Waals surface area contributed by atoms with Gasteiger partial charge in [0.05, 0.1) is 5.75 Å². The van der Waals surface area contributed by atoms with Crippen LogP contribution in [-0.4, -0.2) is 32.9 Å². The molecule has 1 aromatic carbocycles. The van der Waals surface area contributed by atoms with Crippen molar-refractivity contribution in [2.45, 2.75) is 13.0 Å². The first-order chi connectivity index (χ1) is 7.96. The molecule has 0 fully saturated rings. The summed E-state index contributed by atoms with van der Waals surface area (Å²) < 4.78 is 24.6. The molecule has 0 aliphatic rings. The van der Waals surface area contributed by atoms with Gasteiger partial charge in [-0.2, -0.15) is 0 Å². The molecule has 0 aliphatic carbocycles. The summed E-state index contributed by atoms with van der Waals surface area (Å²) in [5.74, 6) is 0.227. The highest BCUT2D eigenvalue weighted by molar-refractivity contribution is 7.89. The minimum atomic E-state index is -3.18. The summed E-state index contributed by atoms with van der Waals surface area (Å²) in [4.78, 5) is 0. The van der Waals surface area contributed by atoms with Gasteiger partial charge in [-0.3, -0.25) is 0 Å². The quantitative estimate of drug-likeness (QED) is 0.698. The van der Waals surface area contributed by atoms with Crippen molar-refractivity contribution in [1.29, 1.82) is 0 Å². The average molecular weight is 258 g/mol. The Kier molecular flexibility index (Phi) is 4.92. The number of sulfonamides is 1. The molecule has 0 bridgehead atoms. The molecule has 0 amide bonds. The van der Waals surface area contributed by atoms with Gasteiger partial charge in [0.1, 0.15) is 5.75 Å². The molecular formula is C11H18N2O3S. The highest BCUT2D eigenvalue weighted by atomic mass is 32.2. The van der Waals surface area contributed by atoms with E-state index in [1.807, 2.05) is 13.0 Å². The Bertz CT molecular complexity index is 460. The molecule has 6 heteroatoms. The van der Waals surface area contributed by atoms with Crippen LogP contribution in [0.1, 0.15) is 18.5 Å². The minimum Gasteiger partial charge on any atom is -0.508 e. The second-order valence-electron chi connectivity index (χ2n) is 3.76. The number of hydrogen-bond donors (Lipinski definition) is 3. The van der Waals surface area contributed by atoms with Crippen LogP contribution in [-0.2, 0) is 10.0 Å². The Hall–Kier alpha value is -1.11. The van der Waals surface area contributed by atoms with E-state index >= 15 is 0 Å². The van der Waals surface area contributed by atoms with Gasteiger partial charge in [0.2, 0.25) is 10.0 Å². The molecule has 3 N–H and O–H groups in total. The van der Waals surface area contributed by atoms with Crippen LogP contribution < -0.4 is 10.0 Å². The summed E-state index contributed by atoms with van der Waals surface area (Å²) in [6, 6.07) is 6.90. The van der Waals surface area contributed by atoms with Crippen LogP contribution in [0.2, 0.25) is 0 Å². The lowest BCUT2D eigenvalue weighted by molar-refractivity contribution is 0.454. The van der Waals surface area contributed by atoms with Crippen molar-refractivity contribution in [3.63, 3.8) is 0 Å². The molecule has 0 heterocycles. The second kappa shape index (κ2) is 6.00.